The van der Waals surface area contributed by atoms with Gasteiger partial charge >= 0.3 is 0 Å². The lowest BCUT2D eigenvalue weighted by Gasteiger charge is -2.54. The molecule has 0 amide bonds. The summed E-state index contributed by atoms with van der Waals surface area (Å²) in [5, 5.41) is 41.3. The number of nitrogens with one attached hydrogen (secondary N) is 2. The summed E-state index contributed by atoms with van der Waals surface area (Å²) < 4.78 is 5.47. The van der Waals surface area contributed by atoms with E-state index in [1.807, 2.05) is 24.3 Å². The molecule has 0 aromatic heterocycles. The number of methoxy groups -OCH3 is 1. The van der Waals surface area contributed by atoms with Crippen LogP contribution >= 0.6 is 0 Å². The fourth-order valence-electron chi connectivity index (χ4n) is 11.0. The van der Waals surface area contributed by atoms with Crippen LogP contribution in [0.5, 0.6) is 11.5 Å². The molecule has 3 aliphatic carbocycles. The molecule has 2 saturated carbocycles. The largest absolute Gasteiger partial charge is 0.504 e. The number of nitrogens with two attached hydrogens (primary N) is 1. The summed E-state index contributed by atoms with van der Waals surface area (Å²) >= 11 is 0. The van der Waals surface area contributed by atoms with Crippen molar-refractivity contribution in [2.45, 2.75) is 145 Å². The van der Waals surface area contributed by atoms with Gasteiger partial charge in [-0.05, 0) is 117 Å². The first-order valence-electron chi connectivity index (χ1n) is 22.8. The van der Waals surface area contributed by atoms with Crippen LogP contribution in [0, 0.1) is 35.5 Å². The number of phenols is 1. The number of hydrogen-bond donors (Lipinski definition) is 6. The summed E-state index contributed by atoms with van der Waals surface area (Å²) in [6.07, 6.45) is 21.9. The van der Waals surface area contributed by atoms with Crippen molar-refractivity contribution < 1.29 is 29.6 Å². The zero-order valence-electron chi connectivity index (χ0n) is 35.5. The van der Waals surface area contributed by atoms with Gasteiger partial charge in [0.05, 0.1) is 25.1 Å². The molecule has 5 aliphatic rings. The molecule has 322 valence electrons. The molecule has 2 aromatic rings. The number of aryl methyl sites for hydroxylation is 1. The fraction of sp³-hybridized carbons (Fsp3) is 0.569. The molecule has 0 bridgehead atoms. The van der Waals surface area contributed by atoms with Crippen molar-refractivity contribution >= 4 is 17.6 Å². The molecule has 60 heavy (non-hydrogen) atoms. The summed E-state index contributed by atoms with van der Waals surface area (Å²) in [7, 11) is 1.51. The first kappa shape index (κ1) is 43.7. The molecule has 2 aromatic carbocycles. The Morgan fingerprint density at radius 1 is 1.00 bits per heavy atom. The number of carbonyl (C=O) groups excluding carboxylic acids is 2. The van der Waals surface area contributed by atoms with E-state index >= 15 is 0 Å². The Labute approximate surface area is 357 Å². The van der Waals surface area contributed by atoms with Crippen molar-refractivity contribution in [2.75, 3.05) is 13.7 Å². The zero-order chi connectivity index (χ0) is 42.1. The molecule has 9 nitrogen and oxygen atoms in total. The Morgan fingerprint density at radius 3 is 2.60 bits per heavy atom. The lowest BCUT2D eigenvalue weighted by atomic mass is 9.62. The molecule has 8 atom stereocenters. The minimum Gasteiger partial charge on any atom is -0.504 e. The Bertz CT molecular complexity index is 1960. The minimum absolute atomic E-state index is 0.00904. The Balaban J connectivity index is 1.03. The summed E-state index contributed by atoms with van der Waals surface area (Å²) in [6, 6.07) is 13.9. The lowest BCUT2D eigenvalue weighted by Crippen LogP contribution is -2.63. The first-order chi connectivity index (χ1) is 29.1. The van der Waals surface area contributed by atoms with Gasteiger partial charge in [0.15, 0.2) is 17.3 Å². The fourth-order valence-corrected chi connectivity index (χ4v) is 11.0. The molecule has 1 spiro atoms. The number of ether oxygens (including phenoxy) is 1. The predicted octanol–water partition coefficient (Wildman–Crippen LogP) is 7.78. The van der Waals surface area contributed by atoms with Crippen molar-refractivity contribution in [1.82, 2.24) is 10.6 Å². The highest BCUT2D eigenvalue weighted by atomic mass is 16.5. The molecule has 8 unspecified atom stereocenters. The van der Waals surface area contributed by atoms with Crippen LogP contribution in [0.1, 0.15) is 132 Å². The predicted molar refractivity (Wildman–Crippen MR) is 237 cm³/mol. The van der Waals surface area contributed by atoms with Crippen molar-refractivity contribution in [3.05, 3.63) is 88.8 Å². The number of allylic oxidation sites excluding steroid dienone is 3. The highest BCUT2D eigenvalue weighted by Gasteiger charge is 2.48. The summed E-state index contributed by atoms with van der Waals surface area (Å²) in [4.78, 5) is 26.2. The number of unbranched alkanes of at least 4 members (excludes halogenated alkanes) is 1. The average Bonchev–Trinajstić information content (AvgIpc) is 3.31. The van der Waals surface area contributed by atoms with E-state index in [2.05, 4.69) is 52.8 Å². The van der Waals surface area contributed by atoms with Gasteiger partial charge in [0.25, 0.3) is 0 Å². The van der Waals surface area contributed by atoms with E-state index in [-0.39, 0.29) is 35.3 Å². The SMILES string of the molecule is COc1cc2c(cc1O)C(CCC(O)CC(C=Cc1ccccc1)C1=CCNC(N)=C1)C#CC(C(O)CCCCC1CC3CCC(=O)CC3NC13CCCCC3)C(=O)CC2. The van der Waals surface area contributed by atoms with Crippen LogP contribution in [-0.2, 0) is 16.0 Å². The van der Waals surface area contributed by atoms with Crippen LogP contribution in [0.3, 0.4) is 0 Å². The standard InChI is InChI=1S/C51H67N3O6/c1-60-49-30-38-19-23-47(58)43(46(57)13-7-6-12-40-28-39-17-21-42(56)32-45(39)54-51(40)25-8-3-9-26-51)22-18-35(44(38)33-48(49)59)16-20-41(55)29-36(37-24-27-53-50(52)31-37)15-14-34-10-4-2-5-11-34/h2,4-5,10-11,14-15,24,30-31,33,35-36,39-41,43,45-46,53-55,57,59H,3,6-9,12-13,16-17,19-21,23,25-29,32,52H2,1H3. The van der Waals surface area contributed by atoms with Crippen LogP contribution in [0.4, 0.5) is 0 Å². The second-order valence-electron chi connectivity index (χ2n) is 18.3. The Kier molecular flexibility index (Phi) is 14.9. The number of phenolic OH excluding ortho intramolecular Hbond substituents is 1. The lowest BCUT2D eigenvalue weighted by molar-refractivity contribution is -0.124. The number of aromatic hydroxyl groups is 1. The smallest absolute Gasteiger partial charge is 0.160 e. The number of Topliss-reactive ketones (excluding diaryl/α,β-unsaturated/α-hetero) is 2. The number of benzene rings is 2. The van der Waals surface area contributed by atoms with E-state index in [0.29, 0.717) is 86.7 Å². The van der Waals surface area contributed by atoms with E-state index in [1.165, 1.54) is 45.6 Å². The number of rotatable bonds is 15. The maximum atomic E-state index is 13.8. The first-order valence-corrected chi connectivity index (χ1v) is 22.8. The maximum absolute atomic E-state index is 13.8. The molecule has 7 rings (SSSR count). The summed E-state index contributed by atoms with van der Waals surface area (Å²) in [6.45, 7) is 0.625. The topological polar surface area (TPSA) is 154 Å². The normalized spacial score (nSPS) is 26.8. The van der Waals surface area contributed by atoms with Gasteiger partial charge in [0.1, 0.15) is 11.7 Å². The molecule has 0 radical (unpaired) electrons. The quantitative estimate of drug-likeness (QED) is 0.0782. The van der Waals surface area contributed by atoms with E-state index < -0.39 is 18.1 Å². The van der Waals surface area contributed by atoms with Crippen molar-refractivity contribution in [2.24, 2.45) is 29.4 Å². The number of aliphatic hydroxyl groups excluding tert-OH is 2. The van der Waals surface area contributed by atoms with Gasteiger partial charge in [-0.3, -0.25) is 9.59 Å². The van der Waals surface area contributed by atoms with Gasteiger partial charge in [-0.15, -0.1) is 0 Å². The van der Waals surface area contributed by atoms with Crippen molar-refractivity contribution in [3.63, 3.8) is 0 Å². The molecule has 3 fully saturated rings. The van der Waals surface area contributed by atoms with Gasteiger partial charge in [-0.25, -0.2) is 0 Å². The minimum atomic E-state index is -0.877. The molecule has 2 heterocycles. The summed E-state index contributed by atoms with van der Waals surface area (Å²) in [5.74, 6) is 7.83. The van der Waals surface area contributed by atoms with Crippen LogP contribution in [-0.4, -0.2) is 64.3 Å². The second kappa shape index (κ2) is 20.5. The van der Waals surface area contributed by atoms with Crippen LogP contribution < -0.4 is 21.1 Å². The summed E-state index contributed by atoms with van der Waals surface area (Å²) in [5.41, 5.74) is 10.1. The van der Waals surface area contributed by atoms with Gasteiger partial charge in [-0.2, -0.15) is 0 Å². The van der Waals surface area contributed by atoms with Gasteiger partial charge in [0.2, 0.25) is 0 Å². The number of hydrogen-bond acceptors (Lipinski definition) is 9. The number of ketones is 2. The van der Waals surface area contributed by atoms with Gasteiger partial charge in [0, 0.05) is 49.2 Å². The third-order valence-corrected chi connectivity index (χ3v) is 14.3. The van der Waals surface area contributed by atoms with Gasteiger partial charge in [-0.1, -0.05) is 92.5 Å². The van der Waals surface area contributed by atoms with E-state index in [1.54, 1.807) is 12.1 Å². The number of carbonyl (C=O) groups is 2. The molecular weight excluding hydrogens is 751 g/mol. The third-order valence-electron chi connectivity index (χ3n) is 14.3. The van der Waals surface area contributed by atoms with Crippen molar-refractivity contribution in [1.29, 1.82) is 0 Å². The van der Waals surface area contributed by atoms with E-state index in [4.69, 9.17) is 10.5 Å². The van der Waals surface area contributed by atoms with Crippen LogP contribution in [0.25, 0.3) is 6.08 Å². The highest BCUT2D eigenvalue weighted by Crippen LogP contribution is 2.47. The molecule has 9 heteroatoms. The third kappa shape index (κ3) is 10.9. The molecule has 1 saturated heterocycles. The molecule has 7 N–H and O–H groups in total. The van der Waals surface area contributed by atoms with Crippen LogP contribution in [0.2, 0.25) is 0 Å². The van der Waals surface area contributed by atoms with Crippen molar-refractivity contribution in [3.8, 4) is 23.3 Å². The second-order valence-corrected chi connectivity index (χ2v) is 18.3. The maximum Gasteiger partial charge on any atom is 0.160 e. The monoisotopic (exact) mass is 818 g/mol. The average molecular weight is 818 g/mol. The van der Waals surface area contributed by atoms with Crippen LogP contribution in [0.15, 0.2) is 72.1 Å². The highest BCUT2D eigenvalue weighted by molar-refractivity contribution is 5.85. The Hall–Kier alpha value is -4.36. The number of piperidine rings is 1. The molecule has 2 aliphatic heterocycles. The number of aliphatic hydroxyl groups is 2. The molecular formula is C51H67N3O6. The van der Waals surface area contributed by atoms with E-state index in [0.717, 1.165) is 47.9 Å². The Morgan fingerprint density at radius 2 is 1.82 bits per heavy atom. The zero-order valence-corrected chi connectivity index (χ0v) is 35.5. The van der Waals surface area contributed by atoms with E-state index in [9.17, 15) is 24.9 Å². The number of dihydropyridines is 1. The number of fused-ring (bicyclic) bond motifs is 2. The van der Waals surface area contributed by atoms with Gasteiger partial charge < -0.3 is 36.4 Å².